The molecule has 0 unspecified atom stereocenters. The first-order valence-corrected chi connectivity index (χ1v) is 10.4. The summed E-state index contributed by atoms with van der Waals surface area (Å²) in [7, 11) is 0. The Morgan fingerprint density at radius 3 is 2.86 bits per heavy atom. The number of ether oxygens (including phenoxy) is 1. The van der Waals surface area contributed by atoms with Crippen LogP contribution in [0.15, 0.2) is 36.9 Å². The maximum Gasteiger partial charge on any atom is 0.185 e. The molecule has 1 fully saturated rings. The van der Waals surface area contributed by atoms with Crippen molar-refractivity contribution in [2.24, 2.45) is 0 Å². The second-order valence-corrected chi connectivity index (χ2v) is 8.17. The maximum absolute atomic E-state index is 5.43. The second-order valence-electron chi connectivity index (χ2n) is 7.08. The molecule has 8 heteroatoms. The lowest BCUT2D eigenvalue weighted by Gasteiger charge is -2.27. The number of rotatable bonds is 4. The first-order valence-electron chi connectivity index (χ1n) is 9.60. The fourth-order valence-electron chi connectivity index (χ4n) is 3.64. The number of aromatic nitrogens is 4. The van der Waals surface area contributed by atoms with Crippen LogP contribution in [0.25, 0.3) is 11.4 Å². The highest BCUT2D eigenvalue weighted by molar-refractivity contribution is 7.15. The number of morpholine rings is 1. The summed E-state index contributed by atoms with van der Waals surface area (Å²) in [6.07, 6.45) is 8.52. The zero-order valence-electron chi connectivity index (χ0n) is 15.6. The second kappa shape index (κ2) is 7.90. The van der Waals surface area contributed by atoms with Gasteiger partial charge in [-0.2, -0.15) is 0 Å². The van der Waals surface area contributed by atoms with Gasteiger partial charge < -0.3 is 9.64 Å². The van der Waals surface area contributed by atoms with Crippen LogP contribution < -0.4 is 4.90 Å². The highest BCUT2D eigenvalue weighted by Gasteiger charge is 2.21. The van der Waals surface area contributed by atoms with Gasteiger partial charge in [-0.3, -0.25) is 9.88 Å². The Kier molecular flexibility index (Phi) is 4.99. The number of fused-ring (bicyclic) bond motifs is 1. The van der Waals surface area contributed by atoms with E-state index < -0.39 is 0 Å². The van der Waals surface area contributed by atoms with Gasteiger partial charge in [-0.1, -0.05) is 0 Å². The molecule has 5 heterocycles. The Morgan fingerprint density at radius 2 is 2.00 bits per heavy atom. The molecular formula is C20H22N6OS. The lowest BCUT2D eigenvalue weighted by atomic mass is 10.1. The summed E-state index contributed by atoms with van der Waals surface area (Å²) in [5.41, 5.74) is 3.34. The molecule has 5 rings (SSSR count). The highest BCUT2D eigenvalue weighted by Crippen LogP contribution is 2.27. The molecule has 3 aromatic rings. The molecule has 0 bridgehead atoms. The minimum absolute atomic E-state index is 0.762. The maximum atomic E-state index is 5.43. The summed E-state index contributed by atoms with van der Waals surface area (Å²) in [4.78, 5) is 24.2. The molecular weight excluding hydrogens is 372 g/mol. The van der Waals surface area contributed by atoms with Crippen LogP contribution in [0.3, 0.4) is 0 Å². The van der Waals surface area contributed by atoms with Crippen LogP contribution in [0.1, 0.15) is 16.1 Å². The number of hydrogen-bond acceptors (Lipinski definition) is 8. The molecule has 0 spiro atoms. The third kappa shape index (κ3) is 3.76. The van der Waals surface area contributed by atoms with Crippen molar-refractivity contribution >= 4 is 16.5 Å². The van der Waals surface area contributed by atoms with Crippen molar-refractivity contribution in [1.29, 1.82) is 0 Å². The normalized spacial score (nSPS) is 17.5. The van der Waals surface area contributed by atoms with E-state index in [4.69, 9.17) is 9.72 Å². The van der Waals surface area contributed by atoms with Crippen LogP contribution in [0.4, 0.5) is 5.13 Å². The zero-order chi connectivity index (χ0) is 18.8. The molecule has 0 N–H and O–H groups in total. The first-order chi connectivity index (χ1) is 13.8. The molecule has 1 saturated heterocycles. The largest absolute Gasteiger partial charge is 0.378 e. The average Bonchev–Trinajstić information content (AvgIpc) is 3.23. The molecule has 3 aromatic heterocycles. The van der Waals surface area contributed by atoms with Gasteiger partial charge in [0.1, 0.15) is 0 Å². The predicted octanol–water partition coefficient (Wildman–Crippen LogP) is 2.39. The third-order valence-electron chi connectivity index (χ3n) is 5.14. The lowest BCUT2D eigenvalue weighted by molar-refractivity contribution is 0.122. The van der Waals surface area contributed by atoms with Crippen LogP contribution in [0.2, 0.25) is 0 Å². The van der Waals surface area contributed by atoms with Gasteiger partial charge in [-0.15, -0.1) is 11.3 Å². The van der Waals surface area contributed by atoms with Crippen molar-refractivity contribution in [2.75, 3.05) is 37.7 Å². The quantitative estimate of drug-likeness (QED) is 0.673. The van der Waals surface area contributed by atoms with E-state index in [1.54, 1.807) is 17.5 Å². The van der Waals surface area contributed by atoms with Crippen molar-refractivity contribution in [1.82, 2.24) is 24.8 Å². The topological polar surface area (TPSA) is 67.3 Å². The summed E-state index contributed by atoms with van der Waals surface area (Å²) in [6, 6.07) is 3.92. The number of hydrogen-bond donors (Lipinski definition) is 0. The highest BCUT2D eigenvalue weighted by atomic mass is 32.1. The van der Waals surface area contributed by atoms with E-state index >= 15 is 0 Å². The Labute approximate surface area is 168 Å². The number of anilines is 1. The van der Waals surface area contributed by atoms with E-state index in [2.05, 4.69) is 24.8 Å². The summed E-state index contributed by atoms with van der Waals surface area (Å²) in [5, 5.41) is 1.11. The summed E-state index contributed by atoms with van der Waals surface area (Å²) in [6.45, 7) is 6.25. The molecule has 28 heavy (non-hydrogen) atoms. The smallest absolute Gasteiger partial charge is 0.185 e. The van der Waals surface area contributed by atoms with E-state index in [9.17, 15) is 0 Å². The molecule has 0 atom stereocenters. The minimum atomic E-state index is 0.762. The van der Waals surface area contributed by atoms with E-state index in [1.807, 2.05) is 30.7 Å². The molecule has 144 valence electrons. The van der Waals surface area contributed by atoms with Gasteiger partial charge in [-0.25, -0.2) is 15.0 Å². The zero-order valence-corrected chi connectivity index (χ0v) is 16.4. The molecule has 2 aliphatic heterocycles. The van der Waals surface area contributed by atoms with Crippen LogP contribution in [0.5, 0.6) is 0 Å². The van der Waals surface area contributed by atoms with Gasteiger partial charge in [0.2, 0.25) is 0 Å². The number of nitrogens with zero attached hydrogens (tertiary/aromatic N) is 6. The molecule has 0 aromatic carbocycles. The predicted molar refractivity (Wildman–Crippen MR) is 108 cm³/mol. The van der Waals surface area contributed by atoms with E-state index in [1.165, 1.54) is 10.4 Å². The lowest BCUT2D eigenvalue weighted by Crippen LogP contribution is -2.36. The van der Waals surface area contributed by atoms with Crippen LogP contribution in [-0.4, -0.2) is 57.7 Å². The SMILES string of the molecule is c1cncc(-c2ncc3c(n2)CCN(Cc2cnc(N4CCOCC4)s2)C3)c1. The molecule has 7 nitrogen and oxygen atoms in total. The molecule has 0 amide bonds. The number of pyridine rings is 1. The van der Waals surface area contributed by atoms with E-state index in [0.717, 1.165) is 74.6 Å². The first kappa shape index (κ1) is 17.7. The standard InChI is InChI=1S/C20H22N6OS/c1-2-15(10-21-4-1)19-22-11-16-13-25(5-3-18(16)24-19)14-17-12-23-20(28-17)26-6-8-27-9-7-26/h1-2,4,10-12H,3,5-9,13-14H2. The molecule has 0 aliphatic carbocycles. The van der Waals surface area contributed by atoms with E-state index in [-0.39, 0.29) is 0 Å². The van der Waals surface area contributed by atoms with Crippen molar-refractivity contribution < 1.29 is 4.74 Å². The molecule has 0 saturated carbocycles. The van der Waals surface area contributed by atoms with Crippen molar-refractivity contribution in [2.45, 2.75) is 19.5 Å². The van der Waals surface area contributed by atoms with Gasteiger partial charge in [0.25, 0.3) is 0 Å². The van der Waals surface area contributed by atoms with Crippen molar-refractivity contribution in [3.8, 4) is 11.4 Å². The average molecular weight is 395 g/mol. The minimum Gasteiger partial charge on any atom is -0.378 e. The van der Waals surface area contributed by atoms with E-state index in [0.29, 0.717) is 0 Å². The number of thiazole rings is 1. The third-order valence-corrected chi connectivity index (χ3v) is 6.18. The summed E-state index contributed by atoms with van der Waals surface area (Å²) in [5.74, 6) is 0.762. The van der Waals surface area contributed by atoms with Crippen LogP contribution >= 0.6 is 11.3 Å². The monoisotopic (exact) mass is 394 g/mol. The van der Waals surface area contributed by atoms with Crippen LogP contribution in [0, 0.1) is 0 Å². The Bertz CT molecular complexity index is 941. The Hall–Kier alpha value is -2.42. The van der Waals surface area contributed by atoms with Crippen LogP contribution in [-0.2, 0) is 24.2 Å². The molecule has 2 aliphatic rings. The van der Waals surface area contributed by atoms with Gasteiger partial charge in [0, 0.05) is 79.9 Å². The Morgan fingerprint density at radius 1 is 1.07 bits per heavy atom. The molecule has 0 radical (unpaired) electrons. The summed E-state index contributed by atoms with van der Waals surface area (Å²) >= 11 is 1.79. The van der Waals surface area contributed by atoms with Gasteiger partial charge in [0.15, 0.2) is 11.0 Å². The Balaban J connectivity index is 1.26. The fourth-order valence-corrected chi connectivity index (χ4v) is 4.64. The van der Waals surface area contributed by atoms with Gasteiger partial charge in [-0.05, 0) is 12.1 Å². The van der Waals surface area contributed by atoms with Crippen molar-refractivity contribution in [3.05, 3.63) is 53.1 Å². The van der Waals surface area contributed by atoms with Crippen molar-refractivity contribution in [3.63, 3.8) is 0 Å². The fraction of sp³-hybridized carbons (Fsp3) is 0.400. The van der Waals surface area contributed by atoms with Gasteiger partial charge >= 0.3 is 0 Å². The summed E-state index contributed by atoms with van der Waals surface area (Å²) < 4.78 is 5.43. The van der Waals surface area contributed by atoms with Gasteiger partial charge in [0.05, 0.1) is 18.9 Å².